The maximum atomic E-state index is 11.9. The first-order valence-electron chi connectivity index (χ1n) is 6.85. The fourth-order valence-corrected chi connectivity index (χ4v) is 1.57. The summed E-state index contributed by atoms with van der Waals surface area (Å²) < 4.78 is 0. The van der Waals surface area contributed by atoms with Crippen molar-refractivity contribution < 1.29 is 14.4 Å². The van der Waals surface area contributed by atoms with Gasteiger partial charge in [0.2, 0.25) is 5.91 Å². The van der Waals surface area contributed by atoms with Crippen LogP contribution in [0.1, 0.15) is 26.7 Å². The highest BCUT2D eigenvalue weighted by atomic mass is 16.2. The third-order valence-electron chi connectivity index (χ3n) is 2.87. The highest BCUT2D eigenvalue weighted by Gasteiger charge is 2.24. The number of nitrogens with two attached hydrogens (primary N) is 2. The van der Waals surface area contributed by atoms with E-state index in [-0.39, 0.29) is 17.7 Å². The van der Waals surface area contributed by atoms with Crippen molar-refractivity contribution in [2.45, 2.75) is 38.8 Å². The number of hydrogen-bond acceptors (Lipinski definition) is 5. The Morgan fingerprint density at radius 2 is 1.76 bits per heavy atom. The zero-order chi connectivity index (χ0) is 16.4. The minimum absolute atomic E-state index is 0.0328. The van der Waals surface area contributed by atoms with Crippen LogP contribution >= 0.6 is 0 Å². The van der Waals surface area contributed by atoms with Gasteiger partial charge in [-0.05, 0) is 18.8 Å². The Kier molecular flexibility index (Phi) is 9.06. The van der Waals surface area contributed by atoms with Crippen molar-refractivity contribution in [3.8, 4) is 0 Å². The van der Waals surface area contributed by atoms with Gasteiger partial charge in [-0.25, -0.2) is 10.2 Å². The molecule has 0 aliphatic carbocycles. The molecule has 0 saturated heterocycles. The lowest BCUT2D eigenvalue weighted by Gasteiger charge is -2.22. The molecule has 0 aromatic heterocycles. The van der Waals surface area contributed by atoms with E-state index in [9.17, 15) is 14.4 Å². The molecular weight excluding hydrogens is 276 g/mol. The van der Waals surface area contributed by atoms with Crippen molar-refractivity contribution in [2.75, 3.05) is 13.6 Å². The van der Waals surface area contributed by atoms with Crippen LogP contribution in [0.25, 0.3) is 0 Å². The normalized spacial score (nSPS) is 13.4. The Morgan fingerprint density at radius 3 is 2.24 bits per heavy atom. The first-order chi connectivity index (χ1) is 9.79. The summed E-state index contributed by atoms with van der Waals surface area (Å²) >= 11 is 0. The lowest BCUT2D eigenvalue weighted by Crippen LogP contribution is -2.54. The molecule has 2 unspecified atom stereocenters. The van der Waals surface area contributed by atoms with Gasteiger partial charge < -0.3 is 22.1 Å². The minimum atomic E-state index is -0.732. The van der Waals surface area contributed by atoms with Crippen molar-refractivity contribution in [1.82, 2.24) is 21.5 Å². The molecule has 0 aliphatic heterocycles. The van der Waals surface area contributed by atoms with Crippen LogP contribution in [-0.2, 0) is 9.59 Å². The number of amides is 4. The number of hydrogen-bond donors (Lipinski definition) is 6. The third-order valence-corrected chi connectivity index (χ3v) is 2.87. The molecule has 2 atom stereocenters. The van der Waals surface area contributed by atoms with Gasteiger partial charge in [0.1, 0.15) is 6.04 Å². The van der Waals surface area contributed by atoms with Gasteiger partial charge in [0, 0.05) is 13.6 Å². The predicted octanol–water partition coefficient (Wildman–Crippen LogP) is -1.85. The zero-order valence-electron chi connectivity index (χ0n) is 12.7. The lowest BCUT2D eigenvalue weighted by molar-refractivity contribution is -0.130. The fraction of sp³-hybridized carbons (Fsp3) is 0.750. The number of urea groups is 1. The Hall–Kier alpha value is -1.87. The van der Waals surface area contributed by atoms with Gasteiger partial charge in [0.15, 0.2) is 0 Å². The summed E-state index contributed by atoms with van der Waals surface area (Å²) in [6, 6.07) is -2.04. The molecule has 9 heteroatoms. The second kappa shape index (κ2) is 9.94. The van der Waals surface area contributed by atoms with E-state index in [0.29, 0.717) is 19.4 Å². The van der Waals surface area contributed by atoms with Crippen LogP contribution in [-0.4, -0.2) is 43.5 Å². The van der Waals surface area contributed by atoms with Crippen LogP contribution in [0, 0.1) is 5.92 Å². The monoisotopic (exact) mass is 302 g/mol. The number of nitrogens with one attached hydrogen (secondary N) is 4. The third kappa shape index (κ3) is 8.10. The van der Waals surface area contributed by atoms with E-state index in [0.717, 1.165) is 0 Å². The number of carbonyl (C=O) groups is 3. The molecule has 21 heavy (non-hydrogen) atoms. The number of primary amides is 1. The Labute approximate surface area is 124 Å². The van der Waals surface area contributed by atoms with Gasteiger partial charge in [-0.15, -0.1) is 0 Å². The topological polar surface area (TPSA) is 151 Å². The second-order valence-corrected chi connectivity index (χ2v) is 5.00. The van der Waals surface area contributed by atoms with Gasteiger partial charge >= 0.3 is 6.03 Å². The van der Waals surface area contributed by atoms with Gasteiger partial charge in [-0.2, -0.15) is 0 Å². The molecule has 0 aromatic carbocycles. The summed E-state index contributed by atoms with van der Waals surface area (Å²) in [4.78, 5) is 34.3. The SMILES string of the molecule is CNNC(=O)C(CCCNC(N)=O)NC(=O)C(N)C(C)C. The predicted molar refractivity (Wildman–Crippen MR) is 78.8 cm³/mol. The highest BCUT2D eigenvalue weighted by Crippen LogP contribution is 2.02. The largest absolute Gasteiger partial charge is 0.352 e. The van der Waals surface area contributed by atoms with Crippen LogP contribution in [0.5, 0.6) is 0 Å². The van der Waals surface area contributed by atoms with Crippen molar-refractivity contribution in [3.05, 3.63) is 0 Å². The highest BCUT2D eigenvalue weighted by molar-refractivity contribution is 5.89. The van der Waals surface area contributed by atoms with Gasteiger partial charge in [-0.3, -0.25) is 15.0 Å². The summed E-state index contributed by atoms with van der Waals surface area (Å²) in [5.74, 6) is -0.792. The quantitative estimate of drug-likeness (QED) is 0.218. The summed E-state index contributed by atoms with van der Waals surface area (Å²) in [7, 11) is 1.55. The van der Waals surface area contributed by atoms with E-state index < -0.39 is 18.1 Å². The number of rotatable bonds is 9. The van der Waals surface area contributed by atoms with Gasteiger partial charge in [0.05, 0.1) is 6.04 Å². The number of hydrazine groups is 1. The molecule has 0 spiro atoms. The molecular formula is C12H26N6O3. The van der Waals surface area contributed by atoms with Crippen molar-refractivity contribution in [2.24, 2.45) is 17.4 Å². The second-order valence-electron chi connectivity index (χ2n) is 5.00. The first-order valence-corrected chi connectivity index (χ1v) is 6.85. The molecule has 9 nitrogen and oxygen atoms in total. The molecule has 122 valence electrons. The molecule has 0 rings (SSSR count). The Morgan fingerprint density at radius 1 is 1.14 bits per heavy atom. The molecule has 0 aromatic rings. The summed E-state index contributed by atoms with van der Waals surface area (Å²) in [6.07, 6.45) is 0.840. The van der Waals surface area contributed by atoms with Crippen LogP contribution in [0.4, 0.5) is 4.79 Å². The smallest absolute Gasteiger partial charge is 0.312 e. The van der Waals surface area contributed by atoms with Crippen molar-refractivity contribution in [1.29, 1.82) is 0 Å². The molecule has 0 saturated carbocycles. The van der Waals surface area contributed by atoms with E-state index in [1.165, 1.54) is 0 Å². The van der Waals surface area contributed by atoms with Crippen LogP contribution in [0.15, 0.2) is 0 Å². The van der Waals surface area contributed by atoms with Crippen molar-refractivity contribution in [3.63, 3.8) is 0 Å². The maximum absolute atomic E-state index is 11.9. The van der Waals surface area contributed by atoms with Gasteiger partial charge in [-0.1, -0.05) is 13.8 Å². The van der Waals surface area contributed by atoms with Crippen molar-refractivity contribution >= 4 is 17.8 Å². The molecule has 0 aliphatic rings. The van der Waals surface area contributed by atoms with Crippen LogP contribution in [0.3, 0.4) is 0 Å². The van der Waals surface area contributed by atoms with E-state index in [1.54, 1.807) is 7.05 Å². The minimum Gasteiger partial charge on any atom is -0.352 e. The van der Waals surface area contributed by atoms with E-state index in [2.05, 4.69) is 21.5 Å². The molecule has 0 radical (unpaired) electrons. The van der Waals surface area contributed by atoms with E-state index in [4.69, 9.17) is 11.5 Å². The van der Waals surface area contributed by atoms with Crippen LogP contribution < -0.4 is 33.0 Å². The molecule has 0 fully saturated rings. The average Bonchev–Trinajstić information content (AvgIpc) is 2.40. The van der Waals surface area contributed by atoms with E-state index >= 15 is 0 Å². The summed E-state index contributed by atoms with van der Waals surface area (Å²) in [5.41, 5.74) is 15.6. The zero-order valence-corrected chi connectivity index (χ0v) is 12.7. The number of carbonyl (C=O) groups excluding carboxylic acids is 3. The average molecular weight is 302 g/mol. The van der Waals surface area contributed by atoms with Crippen LogP contribution in [0.2, 0.25) is 0 Å². The summed E-state index contributed by atoms with van der Waals surface area (Å²) in [5, 5.41) is 5.03. The maximum Gasteiger partial charge on any atom is 0.312 e. The molecule has 0 heterocycles. The van der Waals surface area contributed by atoms with E-state index in [1.807, 2.05) is 13.8 Å². The Bertz CT molecular complexity index is 361. The standard InChI is InChI=1S/C12H26N6O3/c1-7(2)9(13)11(20)17-8(10(19)18-15-3)5-4-6-16-12(14)21/h7-9,15H,4-6,13H2,1-3H3,(H,17,20)(H,18,19)(H3,14,16,21). The Balaban J connectivity index is 4.48. The molecule has 4 amide bonds. The molecule has 8 N–H and O–H groups in total. The fourth-order valence-electron chi connectivity index (χ4n) is 1.57. The van der Waals surface area contributed by atoms with Gasteiger partial charge in [0.25, 0.3) is 5.91 Å². The lowest BCUT2D eigenvalue weighted by atomic mass is 10.0. The first kappa shape index (κ1) is 19.1. The summed E-state index contributed by atoms with van der Waals surface area (Å²) in [6.45, 7) is 3.97. The molecule has 0 bridgehead atoms.